The van der Waals surface area contributed by atoms with Gasteiger partial charge in [-0.25, -0.2) is 0 Å². The number of methoxy groups -OCH3 is 2. The Morgan fingerprint density at radius 3 is 1.62 bits per heavy atom. The number of alkyl halides is 3. The van der Waals surface area contributed by atoms with Crippen LogP contribution in [-0.2, 0) is 19.0 Å². The molecule has 0 aliphatic carbocycles. The normalized spacial score (nSPS) is 12.2. The summed E-state index contributed by atoms with van der Waals surface area (Å²) < 4.78 is 52.8. The van der Waals surface area contributed by atoms with Gasteiger partial charge >= 0.3 is 205 Å². The van der Waals surface area contributed by atoms with E-state index in [0.717, 1.165) is 28.3 Å². The monoisotopic (exact) mass is 579 g/mol. The molecular formula is C27H32F3NO2Sn. The molecule has 0 amide bonds. The fourth-order valence-corrected chi connectivity index (χ4v) is 8.61. The van der Waals surface area contributed by atoms with E-state index in [1.807, 2.05) is 63.3 Å². The van der Waals surface area contributed by atoms with Gasteiger partial charge in [0.15, 0.2) is 0 Å². The van der Waals surface area contributed by atoms with E-state index in [4.69, 9.17) is 14.5 Å². The van der Waals surface area contributed by atoms with Crippen molar-refractivity contribution in [2.75, 3.05) is 14.2 Å². The van der Waals surface area contributed by atoms with Crippen LogP contribution in [0.5, 0.6) is 11.5 Å². The SMILES string of the molecule is COc1ccc(CC(Cc2ccc(OC)cc2)c2cc(C)c(C(F)(F)F)[c]([Sn]([CH3])([CH3])[CH3])n2)cc1. The van der Waals surface area contributed by atoms with Crippen molar-refractivity contribution < 1.29 is 22.6 Å². The fourth-order valence-electron chi connectivity index (χ4n) is 4.18. The van der Waals surface area contributed by atoms with Crippen LogP contribution in [0.4, 0.5) is 13.2 Å². The molecule has 0 saturated heterocycles. The molecule has 182 valence electrons. The summed E-state index contributed by atoms with van der Waals surface area (Å²) in [6.45, 7) is 1.56. The number of pyridine rings is 1. The third kappa shape index (κ3) is 6.46. The van der Waals surface area contributed by atoms with E-state index in [1.54, 1.807) is 27.2 Å². The summed E-state index contributed by atoms with van der Waals surface area (Å²) in [6.07, 6.45) is -3.09. The summed E-state index contributed by atoms with van der Waals surface area (Å²) in [6, 6.07) is 17.3. The van der Waals surface area contributed by atoms with Crippen molar-refractivity contribution in [2.45, 2.75) is 46.7 Å². The number of nitrogens with zero attached hydrogens (tertiary/aromatic N) is 1. The van der Waals surface area contributed by atoms with Crippen molar-refractivity contribution in [3.8, 4) is 11.5 Å². The number of rotatable bonds is 8. The van der Waals surface area contributed by atoms with Gasteiger partial charge in [0.2, 0.25) is 0 Å². The van der Waals surface area contributed by atoms with Crippen molar-refractivity contribution in [1.82, 2.24) is 4.98 Å². The van der Waals surface area contributed by atoms with Gasteiger partial charge in [0.05, 0.1) is 0 Å². The standard InChI is InChI=1S/C24H23F3NO2.3CH3.Sn/c1-16-12-23(28-15-22(16)24(25,26)27)19(13-17-4-8-20(29-2)9-5-17)14-18-6-10-21(30-3)11-7-18;;;;/h4-12,19H,13-14H2,1-3H3;3*1H3;. The van der Waals surface area contributed by atoms with Crippen LogP contribution >= 0.6 is 0 Å². The number of halogens is 3. The molecule has 1 heterocycles. The average Bonchev–Trinajstić information content (AvgIpc) is 2.77. The van der Waals surface area contributed by atoms with Gasteiger partial charge in [0.1, 0.15) is 0 Å². The number of hydrogen-bond acceptors (Lipinski definition) is 3. The topological polar surface area (TPSA) is 31.4 Å². The van der Waals surface area contributed by atoms with Crippen LogP contribution in [0.2, 0.25) is 14.8 Å². The van der Waals surface area contributed by atoms with E-state index in [0.29, 0.717) is 16.6 Å². The first kappa shape index (κ1) is 26.4. The molecule has 0 atom stereocenters. The molecule has 3 aromatic rings. The zero-order valence-corrected chi connectivity index (χ0v) is 23.4. The van der Waals surface area contributed by atoms with Crippen molar-refractivity contribution in [3.05, 3.63) is 82.5 Å². The number of benzene rings is 2. The molecule has 1 aromatic heterocycles. The second kappa shape index (κ2) is 10.6. The van der Waals surface area contributed by atoms with Gasteiger partial charge in [-0.15, -0.1) is 0 Å². The van der Waals surface area contributed by atoms with Crippen LogP contribution in [0.25, 0.3) is 0 Å². The minimum absolute atomic E-state index is 0.0739. The predicted molar refractivity (Wildman–Crippen MR) is 133 cm³/mol. The third-order valence-electron chi connectivity index (χ3n) is 5.93. The number of hydrogen-bond donors (Lipinski definition) is 0. The quantitative estimate of drug-likeness (QED) is 0.285. The summed E-state index contributed by atoms with van der Waals surface area (Å²) in [5.74, 6) is 1.46. The van der Waals surface area contributed by atoms with Crippen molar-refractivity contribution in [1.29, 1.82) is 0 Å². The minimum atomic E-state index is -4.41. The molecule has 3 nitrogen and oxygen atoms in total. The molecule has 0 saturated carbocycles. The Balaban J connectivity index is 2.08. The van der Waals surface area contributed by atoms with Crippen LogP contribution in [-0.4, -0.2) is 37.6 Å². The zero-order valence-electron chi connectivity index (χ0n) is 20.6. The number of aromatic nitrogens is 1. The van der Waals surface area contributed by atoms with Crippen molar-refractivity contribution >= 4 is 22.1 Å². The molecule has 0 N–H and O–H groups in total. The summed E-state index contributed by atoms with van der Waals surface area (Å²) in [7, 11) is 3.24. The van der Waals surface area contributed by atoms with Gasteiger partial charge in [0, 0.05) is 0 Å². The predicted octanol–water partition coefficient (Wildman–Crippen LogP) is 6.54. The Bertz CT molecular complexity index is 1060. The van der Waals surface area contributed by atoms with Crippen LogP contribution in [0, 0.1) is 6.92 Å². The molecule has 0 fully saturated rings. The third-order valence-corrected chi connectivity index (χ3v) is 11.0. The first-order chi connectivity index (χ1) is 15.9. The summed E-state index contributed by atoms with van der Waals surface area (Å²) >= 11 is -3.20. The second-order valence-corrected chi connectivity index (χ2v) is 23.8. The van der Waals surface area contributed by atoms with E-state index in [9.17, 15) is 13.2 Å². The summed E-state index contributed by atoms with van der Waals surface area (Å²) in [5.41, 5.74) is 2.61. The average molecular weight is 578 g/mol. The molecule has 3 rings (SSSR count). The first-order valence-electron chi connectivity index (χ1n) is 11.3. The molecule has 0 aliphatic heterocycles. The Hall–Kier alpha value is -2.22. The maximum atomic E-state index is 14.0. The van der Waals surface area contributed by atoms with E-state index < -0.39 is 30.1 Å². The van der Waals surface area contributed by atoms with Crippen LogP contribution in [0.1, 0.15) is 33.9 Å². The molecule has 2 aromatic carbocycles. The van der Waals surface area contributed by atoms with Gasteiger partial charge in [-0.1, -0.05) is 0 Å². The second-order valence-electron chi connectivity index (χ2n) is 9.64. The van der Waals surface area contributed by atoms with E-state index in [1.165, 1.54) is 0 Å². The van der Waals surface area contributed by atoms with Gasteiger partial charge in [-0.3, -0.25) is 0 Å². The molecular weight excluding hydrogens is 546 g/mol. The summed E-state index contributed by atoms with van der Waals surface area (Å²) in [5, 5.41) is 0. The van der Waals surface area contributed by atoms with Crippen LogP contribution in [0.15, 0.2) is 54.6 Å². The zero-order chi connectivity index (χ0) is 25.1. The van der Waals surface area contributed by atoms with Crippen LogP contribution < -0.4 is 13.2 Å². The van der Waals surface area contributed by atoms with Gasteiger partial charge in [0.25, 0.3) is 0 Å². The van der Waals surface area contributed by atoms with Gasteiger partial charge < -0.3 is 0 Å². The molecule has 0 aliphatic rings. The molecule has 34 heavy (non-hydrogen) atoms. The molecule has 0 bridgehead atoms. The Morgan fingerprint density at radius 2 is 1.26 bits per heavy atom. The molecule has 7 heteroatoms. The molecule has 0 spiro atoms. The number of aryl methyl sites for hydroxylation is 1. The van der Waals surface area contributed by atoms with Gasteiger partial charge in [-0.05, 0) is 0 Å². The maximum absolute atomic E-state index is 14.0. The van der Waals surface area contributed by atoms with Crippen LogP contribution in [0.3, 0.4) is 0 Å². The first-order valence-corrected chi connectivity index (χ1v) is 21.3. The van der Waals surface area contributed by atoms with Crippen molar-refractivity contribution in [3.63, 3.8) is 0 Å². The molecule has 0 radical (unpaired) electrons. The fraction of sp³-hybridized carbons (Fsp3) is 0.370. The Morgan fingerprint density at radius 1 is 0.824 bits per heavy atom. The Kier molecular flexibility index (Phi) is 8.21. The summed E-state index contributed by atoms with van der Waals surface area (Å²) in [4.78, 5) is 10.7. The molecule has 0 unspecified atom stereocenters. The van der Waals surface area contributed by atoms with Gasteiger partial charge in [-0.2, -0.15) is 0 Å². The van der Waals surface area contributed by atoms with E-state index >= 15 is 0 Å². The van der Waals surface area contributed by atoms with E-state index in [2.05, 4.69) is 0 Å². The van der Waals surface area contributed by atoms with Crippen molar-refractivity contribution in [2.24, 2.45) is 0 Å². The number of ether oxygens (including phenoxy) is 2. The Labute approximate surface area is 204 Å². The van der Waals surface area contributed by atoms with E-state index in [-0.39, 0.29) is 11.5 Å².